The van der Waals surface area contributed by atoms with E-state index in [1.54, 1.807) is 23.1 Å². The zero-order chi connectivity index (χ0) is 16.1. The molecule has 7 heteroatoms. The van der Waals surface area contributed by atoms with Gasteiger partial charge in [-0.05, 0) is 24.8 Å². The predicted octanol–water partition coefficient (Wildman–Crippen LogP) is 5.31. The molecule has 0 aliphatic carbocycles. The number of nitrogens with one attached hydrogen (secondary N) is 1. The lowest BCUT2D eigenvalue weighted by Gasteiger charge is -2.12. The number of pyridine rings is 1. The Hall–Kier alpha value is -1.76. The normalized spacial score (nSPS) is 10.1. The van der Waals surface area contributed by atoms with E-state index in [-0.39, 0.29) is 12.4 Å². The Labute approximate surface area is 156 Å². The maximum Gasteiger partial charge on any atom is 0.188 e. The van der Waals surface area contributed by atoms with Crippen molar-refractivity contribution in [1.82, 2.24) is 9.97 Å². The molecular weight excluding hydrogens is 362 g/mol. The second-order valence-electron chi connectivity index (χ2n) is 4.92. The highest BCUT2D eigenvalue weighted by Crippen LogP contribution is 2.31. The van der Waals surface area contributed by atoms with Crippen LogP contribution in [-0.4, -0.2) is 16.2 Å². The first-order chi connectivity index (χ1) is 11.2. The van der Waals surface area contributed by atoms with Crippen LogP contribution < -0.4 is 10.1 Å². The number of rotatable bonds is 6. The summed E-state index contributed by atoms with van der Waals surface area (Å²) in [5.74, 6) is 1.42. The predicted molar refractivity (Wildman–Crippen MR) is 104 cm³/mol. The summed E-state index contributed by atoms with van der Waals surface area (Å²) in [6.07, 6.45) is 3.86. The van der Waals surface area contributed by atoms with Gasteiger partial charge in [-0.25, -0.2) is 9.97 Å². The summed E-state index contributed by atoms with van der Waals surface area (Å²) in [6, 6.07) is 12.1. The van der Waals surface area contributed by atoms with Crippen LogP contribution in [0.2, 0.25) is 0 Å². The fourth-order valence-corrected chi connectivity index (χ4v) is 3.06. The van der Waals surface area contributed by atoms with E-state index in [0.29, 0.717) is 12.4 Å². The topological polar surface area (TPSA) is 47.0 Å². The summed E-state index contributed by atoms with van der Waals surface area (Å²) in [5, 5.41) is 6.06. The van der Waals surface area contributed by atoms with Gasteiger partial charge in [-0.3, -0.25) is 0 Å². The highest BCUT2D eigenvalue weighted by Gasteiger charge is 2.10. The van der Waals surface area contributed by atoms with E-state index in [0.717, 1.165) is 27.0 Å². The van der Waals surface area contributed by atoms with Crippen LogP contribution in [0.1, 0.15) is 11.3 Å². The molecular formula is C17H18ClN3OS2. The summed E-state index contributed by atoms with van der Waals surface area (Å²) in [5.41, 5.74) is 2.11. The summed E-state index contributed by atoms with van der Waals surface area (Å²) in [4.78, 5) is 9.95. The smallest absolute Gasteiger partial charge is 0.188 e. The van der Waals surface area contributed by atoms with Crippen LogP contribution in [0, 0.1) is 6.92 Å². The zero-order valence-corrected chi connectivity index (χ0v) is 15.8. The van der Waals surface area contributed by atoms with Crippen LogP contribution in [0.4, 0.5) is 10.9 Å². The number of hydrogen-bond acceptors (Lipinski definition) is 6. The van der Waals surface area contributed by atoms with Gasteiger partial charge in [0, 0.05) is 16.5 Å². The third-order valence-corrected chi connectivity index (χ3v) is 4.72. The highest BCUT2D eigenvalue weighted by atomic mass is 35.5. The number of aryl methyl sites for hydroxylation is 1. The molecule has 1 aromatic carbocycles. The summed E-state index contributed by atoms with van der Waals surface area (Å²) >= 11 is 3.19. The first kappa shape index (κ1) is 18.6. The number of hydrogen-bond donors (Lipinski definition) is 1. The third-order valence-electron chi connectivity index (χ3n) is 3.14. The standard InChI is InChI=1S/C17H17N3OS2.ClH/c1-12-11-23-17(19-12)20-16-15(8-14(22-2)9-18-16)21-10-13-6-4-3-5-7-13;/h3-9,11H,10H2,1-2H3,(H,18,19,20);1H. The molecule has 0 unspecified atom stereocenters. The average molecular weight is 380 g/mol. The summed E-state index contributed by atoms with van der Waals surface area (Å²) in [7, 11) is 0. The van der Waals surface area contributed by atoms with Crippen molar-refractivity contribution in [2.75, 3.05) is 11.6 Å². The number of benzene rings is 1. The first-order valence-electron chi connectivity index (χ1n) is 7.14. The Morgan fingerprint density at radius 1 is 1.25 bits per heavy atom. The Morgan fingerprint density at radius 2 is 2.04 bits per heavy atom. The maximum atomic E-state index is 5.98. The molecule has 24 heavy (non-hydrogen) atoms. The van der Waals surface area contributed by atoms with E-state index in [1.165, 1.54) is 0 Å². The molecule has 0 saturated heterocycles. The average Bonchev–Trinajstić information content (AvgIpc) is 3.00. The van der Waals surface area contributed by atoms with Crippen LogP contribution in [0.3, 0.4) is 0 Å². The zero-order valence-electron chi connectivity index (χ0n) is 13.4. The molecule has 4 nitrogen and oxygen atoms in total. The Kier molecular flexibility index (Phi) is 6.90. The van der Waals surface area contributed by atoms with Gasteiger partial charge >= 0.3 is 0 Å². The number of nitrogens with zero attached hydrogens (tertiary/aromatic N) is 2. The minimum Gasteiger partial charge on any atom is -0.485 e. The van der Waals surface area contributed by atoms with Crippen molar-refractivity contribution in [3.63, 3.8) is 0 Å². The van der Waals surface area contributed by atoms with E-state index in [2.05, 4.69) is 15.3 Å². The van der Waals surface area contributed by atoms with E-state index in [4.69, 9.17) is 4.74 Å². The quantitative estimate of drug-likeness (QED) is 0.588. The number of ether oxygens (including phenoxy) is 1. The fourth-order valence-electron chi connectivity index (χ4n) is 1.99. The molecule has 3 aromatic rings. The number of thiazole rings is 1. The lowest BCUT2D eigenvalue weighted by atomic mass is 10.2. The molecule has 0 aliphatic heterocycles. The largest absolute Gasteiger partial charge is 0.485 e. The maximum absolute atomic E-state index is 5.98. The SMILES string of the molecule is CSc1cnc(Nc2nc(C)cs2)c(OCc2ccccc2)c1.Cl. The van der Waals surface area contributed by atoms with E-state index < -0.39 is 0 Å². The highest BCUT2D eigenvalue weighted by molar-refractivity contribution is 7.98. The van der Waals surface area contributed by atoms with E-state index in [9.17, 15) is 0 Å². The molecule has 126 valence electrons. The van der Waals surface area contributed by atoms with Gasteiger partial charge in [0.2, 0.25) is 0 Å². The van der Waals surface area contributed by atoms with Gasteiger partial charge < -0.3 is 10.1 Å². The van der Waals surface area contributed by atoms with Crippen LogP contribution in [0.5, 0.6) is 5.75 Å². The van der Waals surface area contributed by atoms with Gasteiger partial charge in [-0.2, -0.15) is 0 Å². The minimum atomic E-state index is 0. The van der Waals surface area contributed by atoms with Crippen molar-refractivity contribution in [3.8, 4) is 5.75 Å². The molecule has 0 fully saturated rings. The molecule has 2 aromatic heterocycles. The molecule has 2 heterocycles. The van der Waals surface area contributed by atoms with Crippen LogP contribution in [0.25, 0.3) is 0 Å². The van der Waals surface area contributed by atoms with Crippen LogP contribution in [0.15, 0.2) is 52.9 Å². The van der Waals surface area contributed by atoms with Gasteiger partial charge in [-0.1, -0.05) is 30.3 Å². The second-order valence-corrected chi connectivity index (χ2v) is 6.65. The number of aromatic nitrogens is 2. The van der Waals surface area contributed by atoms with Crippen molar-refractivity contribution < 1.29 is 4.74 Å². The molecule has 3 rings (SSSR count). The van der Waals surface area contributed by atoms with E-state index >= 15 is 0 Å². The molecule has 0 radical (unpaired) electrons. The van der Waals surface area contributed by atoms with Crippen molar-refractivity contribution in [2.45, 2.75) is 18.4 Å². The van der Waals surface area contributed by atoms with Crippen molar-refractivity contribution in [1.29, 1.82) is 0 Å². The van der Waals surface area contributed by atoms with Crippen molar-refractivity contribution in [2.24, 2.45) is 0 Å². The van der Waals surface area contributed by atoms with Gasteiger partial charge in [0.25, 0.3) is 0 Å². The van der Waals surface area contributed by atoms with E-state index in [1.807, 2.05) is 61.2 Å². The molecule has 0 spiro atoms. The third kappa shape index (κ3) is 4.87. The van der Waals surface area contributed by atoms with Crippen molar-refractivity contribution in [3.05, 3.63) is 59.2 Å². The number of anilines is 2. The Bertz CT molecular complexity index is 781. The lowest BCUT2D eigenvalue weighted by molar-refractivity contribution is 0.306. The van der Waals surface area contributed by atoms with Gasteiger partial charge in [0.05, 0.1) is 5.69 Å². The molecule has 0 amide bonds. The number of halogens is 1. The fraction of sp³-hybridized carbons (Fsp3) is 0.176. The van der Waals surface area contributed by atoms with Gasteiger partial charge in [0.1, 0.15) is 6.61 Å². The Balaban J connectivity index is 0.00000208. The monoisotopic (exact) mass is 379 g/mol. The summed E-state index contributed by atoms with van der Waals surface area (Å²) < 4.78 is 5.98. The lowest BCUT2D eigenvalue weighted by Crippen LogP contribution is -2.01. The van der Waals surface area contributed by atoms with Crippen LogP contribution >= 0.6 is 35.5 Å². The summed E-state index contributed by atoms with van der Waals surface area (Å²) in [6.45, 7) is 2.48. The molecule has 0 atom stereocenters. The van der Waals surface area contributed by atoms with Gasteiger partial charge in [0.15, 0.2) is 16.7 Å². The molecule has 1 N–H and O–H groups in total. The number of thioether (sulfide) groups is 1. The van der Waals surface area contributed by atoms with Gasteiger partial charge in [-0.15, -0.1) is 35.5 Å². The first-order valence-corrected chi connectivity index (χ1v) is 9.25. The Morgan fingerprint density at radius 3 is 2.71 bits per heavy atom. The van der Waals surface area contributed by atoms with Crippen molar-refractivity contribution >= 4 is 46.5 Å². The second kappa shape index (κ2) is 8.92. The molecule has 0 bridgehead atoms. The molecule has 0 saturated carbocycles. The molecule has 0 aliphatic rings. The van der Waals surface area contributed by atoms with Crippen LogP contribution in [-0.2, 0) is 6.61 Å². The minimum absolute atomic E-state index is 0.